The molecular weight excluding hydrogens is 376 g/mol. The minimum Gasteiger partial charge on any atom is -0.487 e. The first kappa shape index (κ1) is 25.3. The first-order valence-electron chi connectivity index (χ1n) is 8.41. The average molecular weight is 402 g/mol. The van der Waals surface area contributed by atoms with Gasteiger partial charge in [0, 0.05) is 6.08 Å². The molecule has 10 nitrogen and oxygen atoms in total. The summed E-state index contributed by atoms with van der Waals surface area (Å²) in [5.74, 6) is -6.43. The van der Waals surface area contributed by atoms with Gasteiger partial charge in [-0.25, -0.2) is 14.4 Å². The van der Waals surface area contributed by atoms with Gasteiger partial charge in [-0.3, -0.25) is 0 Å². The van der Waals surface area contributed by atoms with Crippen LogP contribution in [0.15, 0.2) is 36.1 Å². The first-order chi connectivity index (χ1) is 13.2. The number of ether oxygens (including phenoxy) is 4. The number of hydrogen-bond donors (Lipinski definition) is 3. The summed E-state index contributed by atoms with van der Waals surface area (Å²) in [5, 5.41) is 27.7. The van der Waals surface area contributed by atoms with Gasteiger partial charge in [0.05, 0.1) is 38.4 Å². The maximum atomic E-state index is 12.4. The first-order valence-corrected chi connectivity index (χ1v) is 8.41. The van der Waals surface area contributed by atoms with E-state index in [0.29, 0.717) is 6.42 Å². The number of aliphatic hydroxyl groups is 3. The zero-order valence-electron chi connectivity index (χ0n) is 15.9. The van der Waals surface area contributed by atoms with E-state index in [-0.39, 0.29) is 18.6 Å². The number of rotatable bonds is 13. The maximum absolute atomic E-state index is 12.4. The molecule has 0 amide bonds. The van der Waals surface area contributed by atoms with Gasteiger partial charge in [-0.05, 0) is 18.6 Å². The molecule has 0 aromatic rings. The average Bonchev–Trinajstić information content (AvgIpc) is 2.69. The maximum Gasteiger partial charge on any atom is 0.423 e. The Bertz CT molecular complexity index is 616. The van der Waals surface area contributed by atoms with Crippen LogP contribution in [0.3, 0.4) is 0 Å². The van der Waals surface area contributed by atoms with Gasteiger partial charge < -0.3 is 34.3 Å². The summed E-state index contributed by atoms with van der Waals surface area (Å²) >= 11 is 0. The second-order valence-corrected chi connectivity index (χ2v) is 5.27. The van der Waals surface area contributed by atoms with Crippen LogP contribution in [0.25, 0.3) is 0 Å². The van der Waals surface area contributed by atoms with E-state index in [1.807, 2.05) is 0 Å². The van der Waals surface area contributed by atoms with Crippen molar-refractivity contribution >= 4 is 17.9 Å². The van der Waals surface area contributed by atoms with Crippen LogP contribution in [0.4, 0.5) is 0 Å². The van der Waals surface area contributed by atoms with Gasteiger partial charge in [0.15, 0.2) is 5.76 Å². The molecule has 3 N–H and O–H groups in total. The van der Waals surface area contributed by atoms with E-state index in [9.17, 15) is 19.5 Å². The molecule has 10 heteroatoms. The van der Waals surface area contributed by atoms with E-state index in [2.05, 4.69) is 13.2 Å². The van der Waals surface area contributed by atoms with Crippen molar-refractivity contribution in [3.8, 4) is 0 Å². The number of carbonyl (C=O) groups is 3. The molecule has 0 saturated heterocycles. The molecule has 0 fully saturated rings. The summed E-state index contributed by atoms with van der Waals surface area (Å²) < 4.78 is 20.0. The van der Waals surface area contributed by atoms with Gasteiger partial charge in [0.2, 0.25) is 0 Å². The van der Waals surface area contributed by atoms with Crippen molar-refractivity contribution in [2.75, 3.05) is 26.4 Å². The van der Waals surface area contributed by atoms with E-state index in [1.165, 1.54) is 6.92 Å². The molecule has 0 heterocycles. The Morgan fingerprint density at radius 3 is 1.96 bits per heavy atom. The summed E-state index contributed by atoms with van der Waals surface area (Å²) in [7, 11) is 0. The van der Waals surface area contributed by atoms with Crippen LogP contribution in [0.2, 0.25) is 0 Å². The molecule has 0 saturated carbocycles. The highest BCUT2D eigenvalue weighted by molar-refractivity contribution is 5.91. The van der Waals surface area contributed by atoms with Crippen LogP contribution in [0.1, 0.15) is 26.7 Å². The van der Waals surface area contributed by atoms with Gasteiger partial charge in [-0.15, -0.1) is 0 Å². The Balaban J connectivity index is 5.78. The number of hydrogen-bond acceptors (Lipinski definition) is 10. The Morgan fingerprint density at radius 1 is 0.964 bits per heavy atom. The van der Waals surface area contributed by atoms with Gasteiger partial charge in [0.25, 0.3) is 0 Å². The number of aliphatic hydroxyl groups excluding tert-OH is 3. The highest BCUT2D eigenvalue weighted by Gasteiger charge is 2.43. The Kier molecular flexibility index (Phi) is 11.4. The van der Waals surface area contributed by atoms with Crippen molar-refractivity contribution in [3.63, 3.8) is 0 Å². The van der Waals surface area contributed by atoms with E-state index >= 15 is 0 Å². The molecular formula is C18H26O10. The van der Waals surface area contributed by atoms with Crippen molar-refractivity contribution in [3.05, 3.63) is 36.1 Å². The highest BCUT2D eigenvalue weighted by Crippen LogP contribution is 2.24. The smallest absolute Gasteiger partial charge is 0.423 e. The number of carbonyl (C=O) groups excluding carboxylic acids is 3. The Hall–Kier alpha value is -2.69. The second kappa shape index (κ2) is 12.7. The summed E-state index contributed by atoms with van der Waals surface area (Å²) in [5.41, 5.74) is -0.718. The van der Waals surface area contributed by atoms with E-state index in [1.54, 1.807) is 6.92 Å². The normalized spacial score (nSPS) is 12.2. The standard InChI is InChI=1S/C18H26O10/c1-5-8-25-12(4)16(23)27-18(7-3,26-15(22)6-2)28-17(24)14(11-21)13(9-19)10-20/h6,19-21H,2,4-5,7-11H2,1,3H3. The molecule has 1 atom stereocenters. The van der Waals surface area contributed by atoms with Crippen LogP contribution < -0.4 is 0 Å². The molecule has 0 rings (SSSR count). The summed E-state index contributed by atoms with van der Waals surface area (Å²) in [6.45, 7) is 7.56. The molecule has 0 radical (unpaired) electrons. The monoisotopic (exact) mass is 402 g/mol. The molecule has 158 valence electrons. The molecule has 0 spiro atoms. The van der Waals surface area contributed by atoms with Gasteiger partial charge in [-0.2, -0.15) is 0 Å². The van der Waals surface area contributed by atoms with Gasteiger partial charge >= 0.3 is 23.9 Å². The fourth-order valence-corrected chi connectivity index (χ4v) is 1.72. The minimum absolute atomic E-state index is 0.174. The fraction of sp³-hybridized carbons (Fsp3) is 0.500. The lowest BCUT2D eigenvalue weighted by Crippen LogP contribution is -2.44. The lowest BCUT2D eigenvalue weighted by atomic mass is 10.1. The van der Waals surface area contributed by atoms with Crippen LogP contribution in [0, 0.1) is 0 Å². The Morgan fingerprint density at radius 2 is 1.54 bits per heavy atom. The zero-order valence-corrected chi connectivity index (χ0v) is 15.9. The minimum atomic E-state index is -2.52. The lowest BCUT2D eigenvalue weighted by Gasteiger charge is -2.30. The third-order valence-electron chi connectivity index (χ3n) is 3.27. The third-order valence-corrected chi connectivity index (χ3v) is 3.27. The third kappa shape index (κ3) is 7.51. The lowest BCUT2D eigenvalue weighted by molar-refractivity contribution is -0.327. The summed E-state index contributed by atoms with van der Waals surface area (Å²) in [6.07, 6.45) is 1.00. The molecule has 0 aromatic carbocycles. The molecule has 0 aromatic heterocycles. The van der Waals surface area contributed by atoms with Crippen LogP contribution in [-0.2, 0) is 33.3 Å². The predicted molar refractivity (Wildman–Crippen MR) is 95.2 cm³/mol. The Labute approximate surface area is 162 Å². The molecule has 0 aliphatic carbocycles. The van der Waals surface area contributed by atoms with Crippen molar-refractivity contribution in [1.29, 1.82) is 0 Å². The zero-order chi connectivity index (χ0) is 21.7. The molecule has 0 aliphatic rings. The topological polar surface area (TPSA) is 149 Å². The van der Waals surface area contributed by atoms with Crippen LogP contribution in [0.5, 0.6) is 0 Å². The second-order valence-electron chi connectivity index (χ2n) is 5.27. The van der Waals surface area contributed by atoms with E-state index in [0.717, 1.165) is 6.08 Å². The predicted octanol–water partition coefficient (Wildman–Crippen LogP) is 0.0796. The van der Waals surface area contributed by atoms with E-state index in [4.69, 9.17) is 29.2 Å². The molecule has 28 heavy (non-hydrogen) atoms. The van der Waals surface area contributed by atoms with E-state index < -0.39 is 55.0 Å². The molecule has 0 bridgehead atoms. The van der Waals surface area contributed by atoms with Crippen molar-refractivity contribution in [1.82, 2.24) is 0 Å². The van der Waals surface area contributed by atoms with Gasteiger partial charge in [-0.1, -0.05) is 20.4 Å². The van der Waals surface area contributed by atoms with Crippen LogP contribution >= 0.6 is 0 Å². The van der Waals surface area contributed by atoms with Crippen molar-refractivity contribution in [2.24, 2.45) is 0 Å². The summed E-state index contributed by atoms with van der Waals surface area (Å²) in [6, 6.07) is 0. The van der Waals surface area contributed by atoms with Gasteiger partial charge in [0.1, 0.15) is 0 Å². The quantitative estimate of drug-likeness (QED) is 0.167. The van der Waals surface area contributed by atoms with Crippen LogP contribution in [-0.4, -0.2) is 65.6 Å². The SMILES string of the molecule is C=CC(=O)OC(CC)(OC(=O)C(=C)OCCC)OC(=O)C(CO)=C(CO)CO. The highest BCUT2D eigenvalue weighted by atomic mass is 16.9. The van der Waals surface area contributed by atoms with Crippen molar-refractivity contribution < 1.29 is 48.7 Å². The fourth-order valence-electron chi connectivity index (χ4n) is 1.72. The van der Waals surface area contributed by atoms with Crippen molar-refractivity contribution in [2.45, 2.75) is 32.7 Å². The summed E-state index contributed by atoms with van der Waals surface area (Å²) in [4.78, 5) is 36.2. The molecule has 1 unspecified atom stereocenters. The number of esters is 3. The largest absolute Gasteiger partial charge is 0.487 e. The molecule has 0 aliphatic heterocycles.